The zero-order valence-electron chi connectivity index (χ0n) is 36.3. The molecule has 0 saturated heterocycles. The third kappa shape index (κ3) is 13.5. The SMILES string of the molecule is CNC(=O)[C@H](Cc1ncc[nH]1)NC(=O)[C@H](Cc1ccccc1)NC(=O)CNC(=O)CNC(=O)CCCCCNC(=O)Nc1ccc(-c2c3ccc(=O)cc-3oc3cc(O)ccc23)c(C(=O)O)c1. The molecule has 6 rings (SSSR count). The van der Waals surface area contributed by atoms with Gasteiger partial charge >= 0.3 is 12.0 Å². The van der Waals surface area contributed by atoms with E-state index in [4.69, 9.17) is 4.42 Å². The van der Waals surface area contributed by atoms with Gasteiger partial charge in [0.15, 0.2) is 5.43 Å². The average Bonchev–Trinajstić information content (AvgIpc) is 3.83. The Morgan fingerprint density at radius 2 is 1.49 bits per heavy atom. The Morgan fingerprint density at radius 1 is 0.746 bits per heavy atom. The number of hydrogen-bond acceptors (Lipinski definition) is 11. The molecule has 0 bridgehead atoms. The molecule has 0 spiro atoms. The molecule has 20 nitrogen and oxygen atoms in total. The summed E-state index contributed by atoms with van der Waals surface area (Å²) in [6.45, 7) is -0.633. The summed E-state index contributed by atoms with van der Waals surface area (Å²) >= 11 is 0. The number of anilines is 1. The zero-order valence-corrected chi connectivity index (χ0v) is 36.3. The molecule has 0 radical (unpaired) electrons. The Morgan fingerprint density at radius 3 is 2.24 bits per heavy atom. The summed E-state index contributed by atoms with van der Waals surface area (Å²) in [6, 6.07) is 19.2. The topological polar surface area (TPSA) is 303 Å². The van der Waals surface area contributed by atoms with Crippen LogP contribution in [0, 0.1) is 0 Å². The number of carboxylic acids is 1. The minimum Gasteiger partial charge on any atom is -0.508 e. The highest BCUT2D eigenvalue weighted by atomic mass is 16.4. The second-order valence-corrected chi connectivity index (χ2v) is 15.4. The van der Waals surface area contributed by atoms with Crippen LogP contribution in [0.25, 0.3) is 33.4 Å². The fourth-order valence-corrected chi connectivity index (χ4v) is 7.20. The maximum Gasteiger partial charge on any atom is 0.336 e. The summed E-state index contributed by atoms with van der Waals surface area (Å²) < 4.78 is 5.87. The molecule has 7 amide bonds. The van der Waals surface area contributed by atoms with Crippen molar-refractivity contribution in [3.63, 3.8) is 0 Å². The quantitative estimate of drug-likeness (QED) is 0.0368. The average molecular weight is 916 g/mol. The first-order valence-electron chi connectivity index (χ1n) is 21.3. The van der Waals surface area contributed by atoms with Gasteiger partial charge in [0, 0.05) is 79.6 Å². The molecule has 2 aliphatic rings. The Kier molecular flexibility index (Phi) is 16.4. The number of hydrogen-bond donors (Lipinski definition) is 10. The molecule has 67 heavy (non-hydrogen) atoms. The molecule has 2 atom stereocenters. The van der Waals surface area contributed by atoms with Gasteiger partial charge in [0.25, 0.3) is 0 Å². The molecule has 0 saturated carbocycles. The number of phenolic OH excluding ortho intramolecular Hbond substituents is 1. The monoisotopic (exact) mass is 915 g/mol. The van der Waals surface area contributed by atoms with Gasteiger partial charge in [-0.05, 0) is 60.4 Å². The second kappa shape index (κ2) is 22.9. The number of carbonyl (C=O) groups excluding carboxylic acids is 6. The first-order chi connectivity index (χ1) is 32.3. The Bertz CT molecular complexity index is 2780. The van der Waals surface area contributed by atoms with Crippen molar-refractivity contribution in [2.24, 2.45) is 0 Å². The number of rotatable bonds is 21. The predicted molar refractivity (Wildman–Crippen MR) is 245 cm³/mol. The number of unbranched alkanes of at least 4 members (excludes halogenated alkanes) is 2. The molecule has 10 N–H and O–H groups in total. The van der Waals surface area contributed by atoms with Crippen molar-refractivity contribution in [1.82, 2.24) is 41.9 Å². The number of likely N-dealkylation sites (N-methyl/N-ethyl adjacent to an activating group) is 1. The maximum atomic E-state index is 13.4. The number of nitrogens with zero attached hydrogens (tertiary/aromatic N) is 1. The van der Waals surface area contributed by atoms with Crippen molar-refractivity contribution < 1.29 is 48.2 Å². The van der Waals surface area contributed by atoms with Gasteiger partial charge in [0.1, 0.15) is 35.0 Å². The highest BCUT2D eigenvalue weighted by Gasteiger charge is 2.28. The molecular weight excluding hydrogens is 867 g/mol. The molecule has 1 aliphatic carbocycles. The third-order valence-electron chi connectivity index (χ3n) is 10.5. The number of aromatic hydroxyl groups is 1. The fraction of sp³-hybridized carbons (Fsp3) is 0.255. The molecular formula is C47H49N9O11. The Balaban J connectivity index is 0.910. The normalized spacial score (nSPS) is 11.8. The van der Waals surface area contributed by atoms with Gasteiger partial charge in [-0.1, -0.05) is 42.8 Å². The number of amides is 7. The van der Waals surface area contributed by atoms with E-state index in [-0.39, 0.29) is 59.6 Å². The van der Waals surface area contributed by atoms with Gasteiger partial charge in [0.05, 0.1) is 18.7 Å². The molecule has 2 heterocycles. The summed E-state index contributed by atoms with van der Waals surface area (Å²) in [6.07, 6.45) is 4.89. The number of phenols is 1. The van der Waals surface area contributed by atoms with E-state index in [1.54, 1.807) is 60.8 Å². The van der Waals surface area contributed by atoms with E-state index in [1.165, 1.54) is 43.6 Å². The van der Waals surface area contributed by atoms with E-state index >= 15 is 0 Å². The van der Waals surface area contributed by atoms with Crippen molar-refractivity contribution >= 4 is 58.2 Å². The maximum absolute atomic E-state index is 13.4. The van der Waals surface area contributed by atoms with Gasteiger partial charge in [-0.2, -0.15) is 0 Å². The van der Waals surface area contributed by atoms with E-state index in [0.717, 1.165) is 5.56 Å². The van der Waals surface area contributed by atoms with Crippen LogP contribution < -0.4 is 42.6 Å². The molecule has 0 unspecified atom stereocenters. The summed E-state index contributed by atoms with van der Waals surface area (Å²) in [4.78, 5) is 108. The number of aromatic carboxylic acids is 1. The van der Waals surface area contributed by atoms with Crippen LogP contribution in [0.15, 0.2) is 107 Å². The molecule has 3 aromatic carbocycles. The number of aromatic amines is 1. The summed E-state index contributed by atoms with van der Waals surface area (Å²) in [5.74, 6) is -3.46. The van der Waals surface area contributed by atoms with Crippen molar-refractivity contribution in [1.29, 1.82) is 0 Å². The molecule has 0 fully saturated rings. The van der Waals surface area contributed by atoms with E-state index in [0.29, 0.717) is 47.2 Å². The summed E-state index contributed by atoms with van der Waals surface area (Å²) in [5.41, 5.74) is 1.98. The van der Waals surface area contributed by atoms with Crippen molar-refractivity contribution in [3.8, 4) is 28.2 Å². The first-order valence-corrected chi connectivity index (χ1v) is 21.3. The standard InChI is InChI=1S/C47H49N9O11/c1-48-44(62)36(24-39-49-18-19-50-39)56-45(63)35(20-27-8-4-2-5-9-27)55-42(61)26-53-41(60)25-52-40(59)10-6-3-7-17-51-47(66)54-28-11-14-31(34(21-28)46(64)65)43-32-15-12-29(57)22-37(32)67-38-23-30(58)13-16-33(38)43/h2,4-5,8-9,11-16,18-19,21-23,35-36,57H,3,6-7,10,17,20,24-26H2,1H3,(H,48,62)(H,49,50)(H,52,59)(H,53,60)(H,55,61)(H,56,63)(H,64,65)(H2,51,54,66)/t35-,36-/m0/s1. The van der Waals surface area contributed by atoms with E-state index in [9.17, 15) is 48.6 Å². The molecule has 20 heteroatoms. The number of carboxylic acid groups (broad SMARTS) is 1. The number of urea groups is 1. The van der Waals surface area contributed by atoms with Crippen LogP contribution in [0.4, 0.5) is 10.5 Å². The van der Waals surface area contributed by atoms with Gasteiger partial charge in [0.2, 0.25) is 29.5 Å². The van der Waals surface area contributed by atoms with Crippen molar-refractivity contribution in [2.45, 2.75) is 50.6 Å². The number of benzene rings is 4. The lowest BCUT2D eigenvalue weighted by Gasteiger charge is -2.22. The van der Waals surface area contributed by atoms with Gasteiger partial charge in [-0.3, -0.25) is 28.8 Å². The third-order valence-corrected chi connectivity index (χ3v) is 10.5. The lowest BCUT2D eigenvalue weighted by Crippen LogP contribution is -2.56. The molecule has 4 aromatic rings. The highest BCUT2D eigenvalue weighted by molar-refractivity contribution is 6.08. The van der Waals surface area contributed by atoms with Crippen LogP contribution in [0.5, 0.6) is 5.75 Å². The van der Waals surface area contributed by atoms with E-state index in [1.807, 2.05) is 0 Å². The lowest BCUT2D eigenvalue weighted by atomic mass is 9.90. The lowest BCUT2D eigenvalue weighted by molar-refractivity contribution is -0.132. The molecule has 1 aromatic heterocycles. The molecule has 348 valence electrons. The number of nitrogens with one attached hydrogen (secondary N) is 8. The van der Waals surface area contributed by atoms with Crippen LogP contribution in [0.3, 0.4) is 0 Å². The van der Waals surface area contributed by atoms with Crippen LogP contribution >= 0.6 is 0 Å². The van der Waals surface area contributed by atoms with Crippen LogP contribution in [-0.4, -0.2) is 100 Å². The van der Waals surface area contributed by atoms with Crippen molar-refractivity contribution in [3.05, 3.63) is 124 Å². The summed E-state index contributed by atoms with van der Waals surface area (Å²) in [7, 11) is 1.44. The van der Waals surface area contributed by atoms with Gasteiger partial charge in [-0.25, -0.2) is 14.6 Å². The predicted octanol–water partition coefficient (Wildman–Crippen LogP) is 2.81. The largest absolute Gasteiger partial charge is 0.508 e. The Labute approximate surface area is 382 Å². The fourth-order valence-electron chi connectivity index (χ4n) is 7.20. The van der Waals surface area contributed by atoms with Crippen LogP contribution in [0.1, 0.15) is 47.4 Å². The summed E-state index contributed by atoms with van der Waals surface area (Å²) in [5, 5.41) is 38.8. The first kappa shape index (κ1) is 47.9. The number of aromatic nitrogens is 2. The van der Waals surface area contributed by atoms with Crippen molar-refractivity contribution in [2.75, 3.05) is 32.0 Å². The van der Waals surface area contributed by atoms with Crippen LogP contribution in [-0.2, 0) is 36.8 Å². The van der Waals surface area contributed by atoms with Gasteiger partial charge in [-0.15, -0.1) is 0 Å². The smallest absolute Gasteiger partial charge is 0.336 e. The minimum atomic E-state index is -1.27. The number of imidazole rings is 1. The van der Waals surface area contributed by atoms with E-state index < -0.39 is 66.7 Å². The number of fused-ring (bicyclic) bond motifs is 2. The minimum absolute atomic E-state index is 0.0766. The van der Waals surface area contributed by atoms with E-state index in [2.05, 4.69) is 47.2 Å². The number of H-pyrrole nitrogens is 1. The molecule has 1 aliphatic heterocycles. The van der Waals surface area contributed by atoms with Crippen LogP contribution in [0.2, 0.25) is 0 Å². The highest BCUT2D eigenvalue weighted by Crippen LogP contribution is 2.42. The second-order valence-electron chi connectivity index (χ2n) is 15.4. The number of carbonyl (C=O) groups is 7. The Hall–Kier alpha value is -8.55. The van der Waals surface area contributed by atoms with Gasteiger partial charge < -0.3 is 56.8 Å². The zero-order chi connectivity index (χ0) is 47.9.